The molecule has 1 saturated heterocycles. The number of carbonyl (C=O) groups excluding carboxylic acids is 1. The van der Waals surface area contributed by atoms with E-state index < -0.39 is 4.92 Å². The van der Waals surface area contributed by atoms with Crippen LogP contribution in [0.3, 0.4) is 0 Å². The summed E-state index contributed by atoms with van der Waals surface area (Å²) in [7, 11) is 2.01. The fourth-order valence-corrected chi connectivity index (χ4v) is 2.94. The van der Waals surface area contributed by atoms with Crippen LogP contribution in [0.4, 0.5) is 23.1 Å². The van der Waals surface area contributed by atoms with Crippen molar-refractivity contribution in [1.29, 1.82) is 0 Å². The molecule has 0 spiro atoms. The fourth-order valence-electron chi connectivity index (χ4n) is 2.82. The van der Waals surface area contributed by atoms with Gasteiger partial charge in [0.15, 0.2) is 0 Å². The molecule has 0 aliphatic carbocycles. The van der Waals surface area contributed by atoms with Gasteiger partial charge in [0.1, 0.15) is 17.8 Å². The van der Waals surface area contributed by atoms with E-state index in [1.165, 1.54) is 0 Å². The van der Waals surface area contributed by atoms with Gasteiger partial charge in [0, 0.05) is 36.9 Å². The monoisotopic (exact) mass is 417 g/mol. The van der Waals surface area contributed by atoms with E-state index >= 15 is 0 Å². The van der Waals surface area contributed by atoms with E-state index in [-0.39, 0.29) is 24.0 Å². The first-order valence-corrected chi connectivity index (χ1v) is 9.29. The second kappa shape index (κ2) is 9.33. The third-order valence-electron chi connectivity index (χ3n) is 4.49. The maximum atomic E-state index is 11.4. The minimum atomic E-state index is -0.575. The first-order valence-electron chi connectivity index (χ1n) is 8.91. The van der Waals surface area contributed by atoms with Gasteiger partial charge in [-0.15, -0.1) is 0 Å². The predicted molar refractivity (Wildman–Crippen MR) is 110 cm³/mol. The lowest BCUT2D eigenvalue weighted by Gasteiger charge is -2.34. The Morgan fingerprint density at radius 1 is 1.28 bits per heavy atom. The number of nitrogens with zero attached hydrogens (tertiary/aromatic N) is 5. The Bertz CT molecular complexity index is 924. The Balaban J connectivity index is 1.74. The Morgan fingerprint density at radius 3 is 2.59 bits per heavy atom. The molecule has 0 radical (unpaired) electrons. The maximum absolute atomic E-state index is 11.4. The zero-order valence-corrected chi connectivity index (χ0v) is 16.5. The predicted octanol–water partition coefficient (Wildman–Crippen LogP) is 2.16. The average molecular weight is 418 g/mol. The van der Waals surface area contributed by atoms with Crippen LogP contribution in [0.1, 0.15) is 0 Å². The van der Waals surface area contributed by atoms with Crippen molar-refractivity contribution >= 4 is 40.7 Å². The standard InChI is InChI=1S/C18H20ClN7O3/c1-24-6-8-25(9-7-24)15(12-27)10-20-17-16(26(28)29)11-21-18(23-17)22-14-4-2-13(19)3-5-14/h2-5,11H,6-10H2,1H3,(H2,20,21,22,23). The molecule has 1 aliphatic heterocycles. The van der Waals surface area contributed by atoms with Gasteiger partial charge in [0.2, 0.25) is 11.8 Å². The number of hydrogen-bond donors (Lipinski definition) is 2. The van der Waals surface area contributed by atoms with Crippen LogP contribution in [-0.2, 0) is 4.79 Å². The lowest BCUT2D eigenvalue weighted by atomic mass is 10.3. The molecule has 0 atom stereocenters. The van der Waals surface area contributed by atoms with E-state index in [2.05, 4.69) is 25.5 Å². The highest BCUT2D eigenvalue weighted by atomic mass is 35.5. The molecule has 2 aromatic rings. The van der Waals surface area contributed by atoms with Crippen LogP contribution in [0.5, 0.6) is 0 Å². The number of rotatable bonds is 7. The number of piperazine rings is 1. The highest BCUT2D eigenvalue weighted by Gasteiger charge is 2.21. The van der Waals surface area contributed by atoms with E-state index in [0.29, 0.717) is 29.5 Å². The third kappa shape index (κ3) is 5.41. The van der Waals surface area contributed by atoms with Gasteiger partial charge >= 0.3 is 5.69 Å². The largest absolute Gasteiger partial charge is 0.362 e. The molecule has 29 heavy (non-hydrogen) atoms. The molecule has 3 rings (SSSR count). The van der Waals surface area contributed by atoms with E-state index in [0.717, 1.165) is 19.3 Å². The van der Waals surface area contributed by atoms with Crippen LogP contribution < -0.4 is 10.6 Å². The van der Waals surface area contributed by atoms with Gasteiger partial charge in [0.25, 0.3) is 0 Å². The highest BCUT2D eigenvalue weighted by Crippen LogP contribution is 2.24. The number of halogens is 1. The summed E-state index contributed by atoms with van der Waals surface area (Å²) in [5, 5.41) is 17.8. The van der Waals surface area contributed by atoms with E-state index in [9.17, 15) is 14.9 Å². The lowest BCUT2D eigenvalue weighted by molar-refractivity contribution is -0.384. The molecule has 0 unspecified atom stereocenters. The number of hydrogen-bond acceptors (Lipinski definition) is 9. The van der Waals surface area contributed by atoms with Gasteiger partial charge in [0.05, 0.1) is 11.5 Å². The van der Waals surface area contributed by atoms with E-state index in [1.54, 1.807) is 24.3 Å². The SMILES string of the molecule is CN1CCN(C(=C=O)CNc2nc(Nc3ccc(Cl)cc3)ncc2[N+](=O)[O-])CC1. The molecular weight excluding hydrogens is 398 g/mol. The number of anilines is 3. The van der Waals surface area contributed by atoms with Crippen molar-refractivity contribution in [1.82, 2.24) is 19.8 Å². The van der Waals surface area contributed by atoms with Crippen LogP contribution in [0.2, 0.25) is 5.02 Å². The average Bonchev–Trinajstić information content (AvgIpc) is 2.71. The summed E-state index contributed by atoms with van der Waals surface area (Å²) in [6, 6.07) is 6.87. The number of likely N-dealkylation sites (N-methyl/N-ethyl adjacent to an activating group) is 1. The summed E-state index contributed by atoms with van der Waals surface area (Å²) in [6.45, 7) is 3.11. The van der Waals surface area contributed by atoms with Gasteiger partial charge in [-0.25, -0.2) is 9.78 Å². The highest BCUT2D eigenvalue weighted by molar-refractivity contribution is 6.30. The topological polar surface area (TPSA) is 117 Å². The van der Waals surface area contributed by atoms with Crippen LogP contribution in [0.25, 0.3) is 0 Å². The zero-order valence-electron chi connectivity index (χ0n) is 15.8. The van der Waals surface area contributed by atoms with Crippen molar-refractivity contribution in [2.24, 2.45) is 0 Å². The number of nitro groups is 1. The third-order valence-corrected chi connectivity index (χ3v) is 4.74. The first-order chi connectivity index (χ1) is 14.0. The minimum Gasteiger partial charge on any atom is -0.362 e. The Labute approximate surface area is 172 Å². The number of nitrogens with one attached hydrogen (secondary N) is 2. The van der Waals surface area contributed by atoms with Crippen LogP contribution in [0.15, 0.2) is 36.2 Å². The summed E-state index contributed by atoms with van der Waals surface area (Å²) in [5.74, 6) is 2.13. The Hall–Kier alpha value is -3.20. The first kappa shape index (κ1) is 20.5. The minimum absolute atomic E-state index is 0.0170. The lowest BCUT2D eigenvalue weighted by Crippen LogP contribution is -2.45. The van der Waals surface area contributed by atoms with Gasteiger partial charge in [-0.1, -0.05) is 11.6 Å². The van der Waals surface area contributed by atoms with Crippen molar-refractivity contribution in [2.75, 3.05) is 50.4 Å². The number of benzene rings is 1. The maximum Gasteiger partial charge on any atom is 0.329 e. The molecular formula is C18H20ClN7O3. The molecule has 1 aromatic heterocycles. The molecule has 0 bridgehead atoms. The van der Waals surface area contributed by atoms with Crippen molar-refractivity contribution in [2.45, 2.75) is 0 Å². The Kier molecular flexibility index (Phi) is 6.61. The zero-order chi connectivity index (χ0) is 20.8. The molecule has 0 amide bonds. The molecule has 1 fully saturated rings. The summed E-state index contributed by atoms with van der Waals surface area (Å²) in [6.07, 6.45) is 1.12. The summed E-state index contributed by atoms with van der Waals surface area (Å²) in [4.78, 5) is 34.4. The van der Waals surface area contributed by atoms with Gasteiger partial charge in [-0.3, -0.25) is 10.1 Å². The second-order valence-corrected chi connectivity index (χ2v) is 6.95. The summed E-state index contributed by atoms with van der Waals surface area (Å²) >= 11 is 5.87. The molecule has 152 valence electrons. The van der Waals surface area contributed by atoms with Crippen molar-refractivity contribution in [3.8, 4) is 0 Å². The molecule has 11 heteroatoms. The van der Waals surface area contributed by atoms with Crippen molar-refractivity contribution in [3.63, 3.8) is 0 Å². The summed E-state index contributed by atoms with van der Waals surface area (Å²) < 4.78 is 0. The molecule has 2 heterocycles. The van der Waals surface area contributed by atoms with Gasteiger partial charge in [-0.2, -0.15) is 4.98 Å². The van der Waals surface area contributed by atoms with Gasteiger partial charge < -0.3 is 20.4 Å². The Morgan fingerprint density at radius 2 is 1.97 bits per heavy atom. The fraction of sp³-hybridized carbons (Fsp3) is 0.333. The van der Waals surface area contributed by atoms with Crippen molar-refractivity contribution < 1.29 is 9.72 Å². The molecule has 2 N–H and O–H groups in total. The van der Waals surface area contributed by atoms with Crippen molar-refractivity contribution in [3.05, 3.63) is 51.3 Å². The number of aromatic nitrogens is 2. The molecule has 1 aromatic carbocycles. The van der Waals surface area contributed by atoms with Crippen LogP contribution in [0, 0.1) is 10.1 Å². The van der Waals surface area contributed by atoms with Crippen LogP contribution in [-0.4, -0.2) is 70.4 Å². The van der Waals surface area contributed by atoms with Crippen LogP contribution >= 0.6 is 11.6 Å². The molecule has 0 saturated carbocycles. The normalized spacial score (nSPS) is 14.2. The second-order valence-electron chi connectivity index (χ2n) is 6.51. The van der Waals surface area contributed by atoms with Gasteiger partial charge in [-0.05, 0) is 31.3 Å². The molecule has 10 nitrogen and oxygen atoms in total. The summed E-state index contributed by atoms with van der Waals surface area (Å²) in [5.41, 5.74) is 0.800. The molecule has 1 aliphatic rings. The van der Waals surface area contributed by atoms with E-state index in [1.807, 2.05) is 17.9 Å². The smallest absolute Gasteiger partial charge is 0.329 e. The van der Waals surface area contributed by atoms with E-state index in [4.69, 9.17) is 11.6 Å². The quantitative estimate of drug-likeness (QED) is 0.397.